The molecular formula is C7H14N2O2. The number of hydrogen-bond acceptors (Lipinski definition) is 3. The van der Waals surface area contributed by atoms with Crippen LogP contribution in [0.3, 0.4) is 0 Å². The molecule has 11 heavy (non-hydrogen) atoms. The second-order valence-corrected chi connectivity index (χ2v) is 2.47. The van der Waals surface area contributed by atoms with Gasteiger partial charge in [-0.15, -0.1) is 0 Å². The average molecular weight is 158 g/mol. The fraction of sp³-hybridized carbons (Fsp3) is 0.714. The summed E-state index contributed by atoms with van der Waals surface area (Å²) >= 11 is 0. The summed E-state index contributed by atoms with van der Waals surface area (Å²) in [5.41, 5.74) is 0.686. The standard InChI is InChI=1S/C7H14N2O2/c1-6(8-11-4)5-7(10)9(2)3/h5H2,1-4H3. The minimum Gasteiger partial charge on any atom is -0.399 e. The number of nitrogens with zero attached hydrogens (tertiary/aromatic N) is 2. The fourth-order valence-corrected chi connectivity index (χ4v) is 0.565. The molecule has 4 heteroatoms. The van der Waals surface area contributed by atoms with Gasteiger partial charge in [0.25, 0.3) is 0 Å². The van der Waals surface area contributed by atoms with Crippen LogP contribution in [0.2, 0.25) is 0 Å². The van der Waals surface area contributed by atoms with Crippen molar-refractivity contribution in [2.45, 2.75) is 13.3 Å². The summed E-state index contributed by atoms with van der Waals surface area (Å²) in [4.78, 5) is 17.0. The Balaban J connectivity index is 3.85. The van der Waals surface area contributed by atoms with E-state index in [-0.39, 0.29) is 5.91 Å². The van der Waals surface area contributed by atoms with E-state index in [2.05, 4.69) is 9.99 Å². The van der Waals surface area contributed by atoms with Crippen molar-refractivity contribution in [3.63, 3.8) is 0 Å². The average Bonchev–Trinajstić information content (AvgIpc) is 1.87. The minimum absolute atomic E-state index is 0.0308. The van der Waals surface area contributed by atoms with Crippen LogP contribution < -0.4 is 0 Å². The lowest BCUT2D eigenvalue weighted by Crippen LogP contribution is -2.23. The number of carbonyl (C=O) groups excluding carboxylic acids is 1. The molecule has 0 saturated carbocycles. The lowest BCUT2D eigenvalue weighted by Gasteiger charge is -2.08. The summed E-state index contributed by atoms with van der Waals surface area (Å²) in [7, 11) is 4.88. The monoisotopic (exact) mass is 158 g/mol. The number of amides is 1. The van der Waals surface area contributed by atoms with E-state index in [1.807, 2.05) is 0 Å². The van der Waals surface area contributed by atoms with Crippen LogP contribution in [0.1, 0.15) is 13.3 Å². The van der Waals surface area contributed by atoms with Gasteiger partial charge in [0.1, 0.15) is 7.11 Å². The van der Waals surface area contributed by atoms with Crippen LogP contribution in [0.15, 0.2) is 5.16 Å². The van der Waals surface area contributed by atoms with Crippen LogP contribution >= 0.6 is 0 Å². The molecule has 0 aliphatic rings. The number of carbonyl (C=O) groups is 1. The van der Waals surface area contributed by atoms with Gasteiger partial charge in [0.15, 0.2) is 0 Å². The Morgan fingerprint density at radius 3 is 2.45 bits per heavy atom. The summed E-state index contributed by atoms with van der Waals surface area (Å²) in [5, 5.41) is 3.62. The highest BCUT2D eigenvalue weighted by Gasteiger charge is 2.05. The zero-order chi connectivity index (χ0) is 8.85. The van der Waals surface area contributed by atoms with Gasteiger partial charge in [-0.3, -0.25) is 4.79 Å². The molecule has 0 aliphatic heterocycles. The third-order valence-corrected chi connectivity index (χ3v) is 1.15. The van der Waals surface area contributed by atoms with Gasteiger partial charge in [-0.05, 0) is 6.92 Å². The second-order valence-electron chi connectivity index (χ2n) is 2.47. The third kappa shape index (κ3) is 4.36. The Kier molecular flexibility index (Phi) is 4.26. The molecule has 0 aliphatic carbocycles. The van der Waals surface area contributed by atoms with Gasteiger partial charge in [0.2, 0.25) is 5.91 Å². The van der Waals surface area contributed by atoms with Gasteiger partial charge in [0.05, 0.1) is 12.1 Å². The quantitative estimate of drug-likeness (QED) is 0.443. The second kappa shape index (κ2) is 4.71. The highest BCUT2D eigenvalue weighted by atomic mass is 16.6. The van der Waals surface area contributed by atoms with Gasteiger partial charge >= 0.3 is 0 Å². The first kappa shape index (κ1) is 9.94. The predicted octanol–water partition coefficient (Wildman–Crippen LogP) is 0.487. The fourth-order valence-electron chi connectivity index (χ4n) is 0.565. The van der Waals surface area contributed by atoms with Crippen LogP contribution in [0, 0.1) is 0 Å². The van der Waals surface area contributed by atoms with Crippen LogP contribution in [-0.4, -0.2) is 37.7 Å². The van der Waals surface area contributed by atoms with Crippen LogP contribution in [-0.2, 0) is 9.63 Å². The predicted molar refractivity (Wildman–Crippen MR) is 43.4 cm³/mol. The molecule has 0 N–H and O–H groups in total. The first-order valence-corrected chi connectivity index (χ1v) is 3.34. The van der Waals surface area contributed by atoms with Crippen molar-refractivity contribution in [1.82, 2.24) is 4.90 Å². The van der Waals surface area contributed by atoms with Crippen LogP contribution in [0.5, 0.6) is 0 Å². The first-order valence-electron chi connectivity index (χ1n) is 3.34. The lowest BCUT2D eigenvalue weighted by molar-refractivity contribution is -0.127. The van der Waals surface area contributed by atoms with Crippen molar-refractivity contribution >= 4 is 11.6 Å². The molecule has 4 nitrogen and oxygen atoms in total. The van der Waals surface area contributed by atoms with Gasteiger partial charge in [-0.1, -0.05) is 5.16 Å². The maximum atomic E-state index is 11.0. The topological polar surface area (TPSA) is 41.9 Å². The number of hydrogen-bond donors (Lipinski definition) is 0. The van der Waals surface area contributed by atoms with Crippen molar-refractivity contribution in [3.8, 4) is 0 Å². The molecule has 0 radical (unpaired) electrons. The third-order valence-electron chi connectivity index (χ3n) is 1.15. The van der Waals surface area contributed by atoms with E-state index < -0.39 is 0 Å². The van der Waals surface area contributed by atoms with E-state index >= 15 is 0 Å². The molecule has 0 spiro atoms. The normalized spacial score (nSPS) is 11.1. The highest BCUT2D eigenvalue weighted by molar-refractivity contribution is 5.99. The van der Waals surface area contributed by atoms with E-state index in [1.54, 1.807) is 21.0 Å². The Morgan fingerprint density at radius 2 is 2.09 bits per heavy atom. The van der Waals surface area contributed by atoms with E-state index in [1.165, 1.54) is 12.0 Å². The summed E-state index contributed by atoms with van der Waals surface area (Å²) in [6.07, 6.45) is 0.320. The van der Waals surface area contributed by atoms with Gasteiger partial charge < -0.3 is 9.74 Å². The van der Waals surface area contributed by atoms with E-state index in [0.29, 0.717) is 12.1 Å². The summed E-state index contributed by atoms with van der Waals surface area (Å²) in [6, 6.07) is 0. The Morgan fingerprint density at radius 1 is 1.55 bits per heavy atom. The van der Waals surface area contributed by atoms with Gasteiger partial charge in [-0.2, -0.15) is 0 Å². The lowest BCUT2D eigenvalue weighted by atomic mass is 10.3. The van der Waals surface area contributed by atoms with E-state index in [4.69, 9.17) is 0 Å². The Hall–Kier alpha value is -1.06. The molecule has 0 fully saturated rings. The van der Waals surface area contributed by atoms with E-state index in [0.717, 1.165) is 0 Å². The maximum absolute atomic E-state index is 11.0. The van der Waals surface area contributed by atoms with Gasteiger partial charge in [0, 0.05) is 14.1 Å². The number of oxime groups is 1. The van der Waals surface area contributed by atoms with Crippen molar-refractivity contribution in [1.29, 1.82) is 0 Å². The molecule has 0 saturated heterocycles. The zero-order valence-corrected chi connectivity index (χ0v) is 7.42. The molecule has 0 heterocycles. The Labute approximate surface area is 66.8 Å². The summed E-state index contributed by atoms with van der Waals surface area (Å²) in [5.74, 6) is 0.0308. The SMILES string of the molecule is CON=C(C)CC(=O)N(C)C. The molecule has 1 amide bonds. The van der Waals surface area contributed by atoms with Crippen LogP contribution in [0.25, 0.3) is 0 Å². The first-order chi connectivity index (χ1) is 5.07. The van der Waals surface area contributed by atoms with Crippen molar-refractivity contribution in [2.24, 2.45) is 5.16 Å². The molecule has 0 bridgehead atoms. The van der Waals surface area contributed by atoms with E-state index in [9.17, 15) is 4.79 Å². The largest absolute Gasteiger partial charge is 0.399 e. The molecule has 0 aromatic heterocycles. The maximum Gasteiger partial charge on any atom is 0.227 e. The van der Waals surface area contributed by atoms with Crippen molar-refractivity contribution in [2.75, 3.05) is 21.2 Å². The zero-order valence-electron chi connectivity index (χ0n) is 7.42. The highest BCUT2D eigenvalue weighted by Crippen LogP contribution is 1.91. The molecule has 0 rings (SSSR count). The summed E-state index contributed by atoms with van der Waals surface area (Å²) in [6.45, 7) is 1.75. The smallest absolute Gasteiger partial charge is 0.227 e. The number of rotatable bonds is 3. The molecule has 0 unspecified atom stereocenters. The Bertz CT molecular complexity index is 164. The molecule has 0 aromatic rings. The van der Waals surface area contributed by atoms with Gasteiger partial charge in [-0.25, -0.2) is 0 Å². The van der Waals surface area contributed by atoms with Crippen LogP contribution in [0.4, 0.5) is 0 Å². The summed E-state index contributed by atoms with van der Waals surface area (Å²) < 4.78 is 0. The molecule has 64 valence electrons. The minimum atomic E-state index is 0.0308. The molecule has 0 aromatic carbocycles. The molecular weight excluding hydrogens is 144 g/mol. The van der Waals surface area contributed by atoms with Crippen molar-refractivity contribution in [3.05, 3.63) is 0 Å². The van der Waals surface area contributed by atoms with Crippen molar-refractivity contribution < 1.29 is 9.63 Å². The molecule has 0 atom stereocenters.